The number of nitrogens with one attached hydrogen (secondary N) is 1. The smallest absolute Gasteiger partial charge is 0.336 e. The summed E-state index contributed by atoms with van der Waals surface area (Å²) in [6, 6.07) is 3.29. The van der Waals surface area contributed by atoms with Crippen LogP contribution in [-0.4, -0.2) is 27.2 Å². The highest BCUT2D eigenvalue weighted by atomic mass is 19.4. The number of nitrogens with zero attached hydrogens (tertiary/aromatic N) is 3. The van der Waals surface area contributed by atoms with E-state index < -0.39 is 29.1 Å². The minimum absolute atomic E-state index is 0.0300. The maximum atomic E-state index is 12.8. The molecule has 1 saturated carbocycles. The average molecular weight is 380 g/mol. The molecule has 0 spiro atoms. The van der Waals surface area contributed by atoms with E-state index in [9.17, 15) is 22.8 Å². The van der Waals surface area contributed by atoms with E-state index in [1.54, 1.807) is 6.92 Å². The van der Waals surface area contributed by atoms with Crippen LogP contribution in [0.4, 0.5) is 13.2 Å². The Labute approximate surface area is 153 Å². The van der Waals surface area contributed by atoms with E-state index in [-0.39, 0.29) is 25.8 Å². The first-order valence-corrected chi connectivity index (χ1v) is 8.70. The Hall–Kier alpha value is -2.63. The molecule has 0 bridgehead atoms. The molecule has 0 radical (unpaired) electrons. The molecule has 1 unspecified atom stereocenters. The van der Waals surface area contributed by atoms with Gasteiger partial charge in [0.05, 0.1) is 17.7 Å². The van der Waals surface area contributed by atoms with E-state index in [1.807, 2.05) is 6.07 Å². The van der Waals surface area contributed by atoms with Crippen LogP contribution in [0.2, 0.25) is 0 Å². The van der Waals surface area contributed by atoms with Crippen molar-refractivity contribution in [1.29, 1.82) is 5.26 Å². The summed E-state index contributed by atoms with van der Waals surface area (Å²) in [5.74, 6) is -1.51. The summed E-state index contributed by atoms with van der Waals surface area (Å²) in [4.78, 5) is 28.8. The summed E-state index contributed by atoms with van der Waals surface area (Å²) in [5, 5.41) is 11.6. The van der Waals surface area contributed by atoms with Gasteiger partial charge in [-0.15, -0.1) is 0 Å². The van der Waals surface area contributed by atoms with Gasteiger partial charge in [0.15, 0.2) is 0 Å². The lowest BCUT2D eigenvalue weighted by Crippen LogP contribution is -2.40. The molecule has 9 heteroatoms. The Morgan fingerprint density at radius 3 is 2.67 bits per heavy atom. The number of aromatic nitrogens is 2. The number of carbonyl (C=O) groups excluding carboxylic acids is 1. The van der Waals surface area contributed by atoms with Gasteiger partial charge in [0.1, 0.15) is 17.9 Å². The number of halogens is 3. The second-order valence-electron chi connectivity index (χ2n) is 7.10. The number of rotatable bonds is 4. The zero-order valence-electron chi connectivity index (χ0n) is 14.8. The molecular weight excluding hydrogens is 361 g/mol. The van der Waals surface area contributed by atoms with E-state index in [2.05, 4.69) is 10.3 Å². The maximum absolute atomic E-state index is 12.8. The van der Waals surface area contributed by atoms with Crippen molar-refractivity contribution in [3.8, 4) is 6.07 Å². The van der Waals surface area contributed by atoms with Crippen molar-refractivity contribution in [2.24, 2.45) is 5.92 Å². The molecule has 1 heterocycles. The molecular formula is C18H19F3N4O2. The van der Waals surface area contributed by atoms with Crippen LogP contribution in [0.25, 0.3) is 5.57 Å². The average Bonchev–Trinajstić information content (AvgIpc) is 3.37. The van der Waals surface area contributed by atoms with Crippen molar-refractivity contribution < 1.29 is 18.0 Å². The molecule has 144 valence electrons. The van der Waals surface area contributed by atoms with Crippen molar-refractivity contribution in [2.75, 3.05) is 0 Å². The Bertz CT molecular complexity index is 891. The van der Waals surface area contributed by atoms with Crippen molar-refractivity contribution in [2.45, 2.75) is 57.3 Å². The predicted molar refractivity (Wildman–Crippen MR) is 90.3 cm³/mol. The zero-order chi connectivity index (χ0) is 19.8. The maximum Gasteiger partial charge on any atom is 0.392 e. The predicted octanol–water partition coefficient (Wildman–Crippen LogP) is 2.47. The lowest BCUT2D eigenvalue weighted by molar-refractivity contribution is -0.175. The summed E-state index contributed by atoms with van der Waals surface area (Å²) < 4.78 is 39.5. The SMILES string of the molecule is Cc1nc(C2=CCC(C(F)(F)F)CC2)cc(=O)n1CC(=O)NC1(C#N)CC1. The molecule has 1 fully saturated rings. The number of carbonyl (C=O) groups is 1. The molecule has 1 N–H and O–H groups in total. The van der Waals surface area contributed by atoms with Crippen molar-refractivity contribution >= 4 is 11.5 Å². The summed E-state index contributed by atoms with van der Waals surface area (Å²) >= 11 is 0. The summed E-state index contributed by atoms with van der Waals surface area (Å²) in [6.45, 7) is 1.31. The second kappa shape index (κ2) is 6.83. The molecule has 2 aliphatic rings. The fraction of sp³-hybridized carbons (Fsp3) is 0.556. The molecule has 0 aliphatic heterocycles. The molecule has 1 amide bonds. The van der Waals surface area contributed by atoms with Crippen molar-refractivity contribution in [3.05, 3.63) is 34.0 Å². The van der Waals surface area contributed by atoms with Gasteiger partial charge < -0.3 is 5.32 Å². The largest absolute Gasteiger partial charge is 0.392 e. The Balaban J connectivity index is 1.74. The highest BCUT2D eigenvalue weighted by molar-refractivity contribution is 5.77. The van der Waals surface area contributed by atoms with E-state index in [0.29, 0.717) is 29.9 Å². The fourth-order valence-corrected chi connectivity index (χ4v) is 3.18. The Morgan fingerprint density at radius 1 is 1.48 bits per heavy atom. The molecule has 27 heavy (non-hydrogen) atoms. The molecule has 1 atom stereocenters. The van der Waals surface area contributed by atoms with Gasteiger partial charge in [0.2, 0.25) is 5.91 Å². The number of aryl methyl sites for hydroxylation is 1. The third kappa shape index (κ3) is 4.21. The normalized spacial score (nSPS) is 21.1. The van der Waals surface area contributed by atoms with Crippen LogP contribution in [0.5, 0.6) is 0 Å². The van der Waals surface area contributed by atoms with Gasteiger partial charge in [-0.1, -0.05) is 6.08 Å². The second-order valence-corrected chi connectivity index (χ2v) is 7.10. The minimum Gasteiger partial charge on any atom is -0.336 e. The first-order valence-electron chi connectivity index (χ1n) is 8.70. The zero-order valence-corrected chi connectivity index (χ0v) is 14.8. The summed E-state index contributed by atoms with van der Waals surface area (Å²) in [6.07, 6.45) is -1.50. The highest BCUT2D eigenvalue weighted by Crippen LogP contribution is 2.38. The number of hydrogen-bond donors (Lipinski definition) is 1. The summed E-state index contributed by atoms with van der Waals surface area (Å²) in [5.41, 5.74) is -0.295. The van der Waals surface area contributed by atoms with E-state index in [1.165, 1.54) is 16.7 Å². The van der Waals surface area contributed by atoms with E-state index >= 15 is 0 Å². The Morgan fingerprint density at radius 2 is 2.19 bits per heavy atom. The van der Waals surface area contributed by atoms with Crippen LogP contribution in [0.1, 0.15) is 43.6 Å². The van der Waals surface area contributed by atoms with Crippen LogP contribution in [0.3, 0.4) is 0 Å². The highest BCUT2D eigenvalue weighted by Gasteiger charge is 2.44. The lowest BCUT2D eigenvalue weighted by Gasteiger charge is -2.24. The van der Waals surface area contributed by atoms with Crippen LogP contribution in [0, 0.1) is 24.2 Å². The van der Waals surface area contributed by atoms with Crippen LogP contribution in [0.15, 0.2) is 16.9 Å². The van der Waals surface area contributed by atoms with Gasteiger partial charge in [-0.05, 0) is 44.6 Å². The number of hydrogen-bond acceptors (Lipinski definition) is 4. The monoisotopic (exact) mass is 380 g/mol. The minimum atomic E-state index is -4.22. The first-order chi connectivity index (χ1) is 12.6. The van der Waals surface area contributed by atoms with Crippen LogP contribution in [-0.2, 0) is 11.3 Å². The van der Waals surface area contributed by atoms with Gasteiger partial charge in [-0.3, -0.25) is 14.2 Å². The number of allylic oxidation sites excluding steroid dienone is 2. The third-order valence-corrected chi connectivity index (χ3v) is 5.05. The molecule has 1 aromatic rings. The molecule has 1 aromatic heterocycles. The van der Waals surface area contributed by atoms with Gasteiger partial charge in [-0.25, -0.2) is 4.98 Å². The van der Waals surface area contributed by atoms with Gasteiger partial charge in [0.25, 0.3) is 5.56 Å². The summed E-state index contributed by atoms with van der Waals surface area (Å²) in [7, 11) is 0. The molecule has 6 nitrogen and oxygen atoms in total. The van der Waals surface area contributed by atoms with Crippen LogP contribution >= 0.6 is 0 Å². The standard InChI is InChI=1S/C18H19F3N4O2/c1-11-23-14(12-2-4-13(5-3-12)18(19,20)21)8-16(27)25(11)9-15(26)24-17(10-22)6-7-17/h2,8,13H,3-7,9H2,1H3,(H,24,26). The third-order valence-electron chi connectivity index (χ3n) is 5.05. The van der Waals surface area contributed by atoms with Gasteiger partial charge in [-0.2, -0.15) is 18.4 Å². The fourth-order valence-electron chi connectivity index (χ4n) is 3.18. The quantitative estimate of drug-likeness (QED) is 0.869. The lowest BCUT2D eigenvalue weighted by atomic mass is 9.88. The number of amides is 1. The topological polar surface area (TPSA) is 87.8 Å². The first kappa shape index (κ1) is 19.1. The van der Waals surface area contributed by atoms with E-state index in [4.69, 9.17) is 5.26 Å². The Kier molecular flexibility index (Phi) is 4.84. The number of alkyl halides is 3. The molecule has 0 aromatic carbocycles. The number of nitriles is 1. The van der Waals surface area contributed by atoms with Gasteiger partial charge in [0, 0.05) is 6.07 Å². The van der Waals surface area contributed by atoms with Crippen molar-refractivity contribution in [1.82, 2.24) is 14.9 Å². The van der Waals surface area contributed by atoms with Crippen LogP contribution < -0.4 is 10.9 Å². The molecule has 2 aliphatic carbocycles. The molecule has 0 saturated heterocycles. The van der Waals surface area contributed by atoms with Crippen molar-refractivity contribution in [3.63, 3.8) is 0 Å². The van der Waals surface area contributed by atoms with Gasteiger partial charge >= 0.3 is 6.18 Å². The molecule has 3 rings (SSSR count). The van der Waals surface area contributed by atoms with E-state index in [0.717, 1.165) is 0 Å².